The third kappa shape index (κ3) is 3.09. The summed E-state index contributed by atoms with van der Waals surface area (Å²) in [5.41, 5.74) is -0.530. The molecule has 20 heavy (non-hydrogen) atoms. The van der Waals surface area contributed by atoms with Gasteiger partial charge in [0.15, 0.2) is 0 Å². The van der Waals surface area contributed by atoms with E-state index >= 15 is 0 Å². The third-order valence-electron chi connectivity index (χ3n) is 2.71. The molecule has 0 fully saturated rings. The fourth-order valence-corrected chi connectivity index (χ4v) is 1.63. The first-order valence-electron chi connectivity index (χ1n) is 5.95. The van der Waals surface area contributed by atoms with E-state index in [1.165, 1.54) is 6.20 Å². The van der Waals surface area contributed by atoms with Gasteiger partial charge in [-0.25, -0.2) is 4.39 Å². The van der Waals surface area contributed by atoms with Crippen LogP contribution in [0.2, 0.25) is 0 Å². The minimum atomic E-state index is -4.55. The number of rotatable bonds is 3. The molecule has 0 aliphatic carbocycles. The highest BCUT2D eigenvalue weighted by molar-refractivity contribution is 5.59. The highest BCUT2D eigenvalue weighted by atomic mass is 19.4. The lowest BCUT2D eigenvalue weighted by atomic mass is 10.2. The smallest absolute Gasteiger partial charge is 0.351 e. The van der Waals surface area contributed by atoms with Crippen molar-refractivity contribution in [3.63, 3.8) is 0 Å². The number of hydrogen-bond acceptors (Lipinski definition) is 2. The van der Waals surface area contributed by atoms with E-state index in [1.807, 2.05) is 13.8 Å². The van der Waals surface area contributed by atoms with Gasteiger partial charge in [-0.1, -0.05) is 0 Å². The van der Waals surface area contributed by atoms with Gasteiger partial charge in [0.25, 0.3) is 0 Å². The highest BCUT2D eigenvalue weighted by Crippen LogP contribution is 2.32. The molecule has 0 bridgehead atoms. The molecule has 2 rings (SSSR count). The molecule has 1 aromatic heterocycles. The van der Waals surface area contributed by atoms with Crippen LogP contribution in [-0.2, 0) is 6.18 Å². The largest absolute Gasteiger partial charge is 0.416 e. The molecule has 0 saturated heterocycles. The maximum atomic E-state index is 13.6. The minimum absolute atomic E-state index is 0.0266. The van der Waals surface area contributed by atoms with Crippen LogP contribution in [0, 0.1) is 5.82 Å². The van der Waals surface area contributed by atoms with Crippen LogP contribution >= 0.6 is 0 Å². The van der Waals surface area contributed by atoms with Crippen LogP contribution in [0.4, 0.5) is 28.9 Å². The molecular formula is C13H13F4N3. The minimum Gasteiger partial charge on any atom is -0.351 e. The number of aromatic nitrogens is 2. The molecule has 0 aliphatic heterocycles. The number of halogens is 4. The second kappa shape index (κ2) is 5.15. The van der Waals surface area contributed by atoms with E-state index in [2.05, 4.69) is 10.4 Å². The number of nitrogens with one attached hydrogen (secondary N) is 1. The molecule has 108 valence electrons. The van der Waals surface area contributed by atoms with E-state index in [0.29, 0.717) is 11.8 Å². The van der Waals surface area contributed by atoms with Crippen molar-refractivity contribution in [2.45, 2.75) is 26.1 Å². The summed E-state index contributed by atoms with van der Waals surface area (Å²) in [7, 11) is 0. The predicted molar refractivity (Wildman–Crippen MR) is 67.3 cm³/mol. The van der Waals surface area contributed by atoms with Crippen LogP contribution in [0.25, 0.3) is 0 Å². The molecule has 2 aromatic rings. The average Bonchev–Trinajstić information content (AvgIpc) is 2.79. The Hall–Kier alpha value is -2.05. The topological polar surface area (TPSA) is 29.9 Å². The second-order valence-corrected chi connectivity index (χ2v) is 4.62. The Morgan fingerprint density at radius 1 is 1.25 bits per heavy atom. The maximum absolute atomic E-state index is 13.6. The lowest BCUT2D eigenvalue weighted by Gasteiger charge is -2.10. The van der Waals surface area contributed by atoms with Crippen molar-refractivity contribution < 1.29 is 17.6 Å². The average molecular weight is 287 g/mol. The molecule has 1 heterocycles. The number of nitrogens with zero attached hydrogens (tertiary/aromatic N) is 2. The molecule has 0 spiro atoms. The number of benzene rings is 1. The summed E-state index contributed by atoms with van der Waals surface area (Å²) in [6.07, 6.45) is -1.42. The van der Waals surface area contributed by atoms with E-state index in [9.17, 15) is 17.6 Å². The first kappa shape index (κ1) is 14.4. The first-order valence-corrected chi connectivity index (χ1v) is 5.95. The van der Waals surface area contributed by atoms with Gasteiger partial charge in [0.05, 0.1) is 23.1 Å². The van der Waals surface area contributed by atoms with E-state index in [-0.39, 0.29) is 11.7 Å². The van der Waals surface area contributed by atoms with Crippen molar-refractivity contribution in [2.75, 3.05) is 5.32 Å². The zero-order valence-corrected chi connectivity index (χ0v) is 10.9. The molecule has 0 radical (unpaired) electrons. The zero-order chi connectivity index (χ0) is 14.9. The molecular weight excluding hydrogens is 274 g/mol. The van der Waals surface area contributed by atoms with E-state index in [1.54, 1.807) is 10.9 Å². The number of hydrogen-bond donors (Lipinski definition) is 1. The standard InChI is InChI=1S/C13H13F4N3/c1-8(2)20-7-10(6-18-20)19-12-4-3-9(5-11(12)14)13(15,16)17/h3-8,19H,1-2H3. The van der Waals surface area contributed by atoms with Crippen LogP contribution in [0.1, 0.15) is 25.5 Å². The summed E-state index contributed by atoms with van der Waals surface area (Å²) in [6, 6.07) is 2.50. The Morgan fingerprint density at radius 2 is 1.95 bits per heavy atom. The maximum Gasteiger partial charge on any atom is 0.416 e. The SMILES string of the molecule is CC(C)n1cc(Nc2ccc(C(F)(F)F)cc2F)cn1. The normalized spacial score (nSPS) is 11.9. The lowest BCUT2D eigenvalue weighted by Crippen LogP contribution is -2.06. The quantitative estimate of drug-likeness (QED) is 0.850. The molecule has 0 atom stereocenters. The lowest BCUT2D eigenvalue weighted by molar-refractivity contribution is -0.137. The van der Waals surface area contributed by atoms with Gasteiger partial charge >= 0.3 is 6.18 Å². The van der Waals surface area contributed by atoms with Gasteiger partial charge in [-0.05, 0) is 32.0 Å². The Labute approximate surface area is 113 Å². The van der Waals surface area contributed by atoms with E-state index in [4.69, 9.17) is 0 Å². The fraction of sp³-hybridized carbons (Fsp3) is 0.308. The van der Waals surface area contributed by atoms with Crippen molar-refractivity contribution in [1.82, 2.24) is 9.78 Å². The van der Waals surface area contributed by atoms with Crippen LogP contribution in [0.3, 0.4) is 0 Å². The Bertz CT molecular complexity index is 602. The van der Waals surface area contributed by atoms with Crippen LogP contribution < -0.4 is 5.32 Å². The molecule has 0 amide bonds. The molecule has 3 nitrogen and oxygen atoms in total. The molecule has 0 aliphatic rings. The van der Waals surface area contributed by atoms with E-state index in [0.717, 1.165) is 12.1 Å². The molecule has 1 aromatic carbocycles. The summed E-state index contributed by atoms with van der Waals surface area (Å²) in [4.78, 5) is 0. The monoisotopic (exact) mass is 287 g/mol. The van der Waals surface area contributed by atoms with Crippen LogP contribution in [0.15, 0.2) is 30.6 Å². The van der Waals surface area contributed by atoms with Gasteiger partial charge in [0, 0.05) is 12.2 Å². The number of anilines is 2. The molecule has 7 heteroatoms. The highest BCUT2D eigenvalue weighted by Gasteiger charge is 2.31. The molecule has 1 N–H and O–H groups in total. The van der Waals surface area contributed by atoms with Gasteiger partial charge in [0.2, 0.25) is 0 Å². The zero-order valence-electron chi connectivity index (χ0n) is 10.9. The van der Waals surface area contributed by atoms with Crippen molar-refractivity contribution in [3.05, 3.63) is 42.0 Å². The van der Waals surface area contributed by atoms with Crippen molar-refractivity contribution in [3.8, 4) is 0 Å². The first-order chi connectivity index (χ1) is 9.27. The fourth-order valence-electron chi connectivity index (χ4n) is 1.63. The number of alkyl halides is 3. The Kier molecular flexibility index (Phi) is 3.69. The van der Waals surface area contributed by atoms with Gasteiger partial charge < -0.3 is 5.32 Å². The molecule has 0 unspecified atom stereocenters. The summed E-state index contributed by atoms with van der Waals surface area (Å²) in [6.45, 7) is 3.85. The van der Waals surface area contributed by atoms with Gasteiger partial charge in [0.1, 0.15) is 5.82 Å². The van der Waals surface area contributed by atoms with Gasteiger partial charge in [-0.15, -0.1) is 0 Å². The third-order valence-corrected chi connectivity index (χ3v) is 2.71. The van der Waals surface area contributed by atoms with E-state index < -0.39 is 17.6 Å². The molecule has 0 saturated carbocycles. The second-order valence-electron chi connectivity index (χ2n) is 4.62. The van der Waals surface area contributed by atoms with Gasteiger partial charge in [-0.3, -0.25) is 4.68 Å². The van der Waals surface area contributed by atoms with Crippen LogP contribution in [0.5, 0.6) is 0 Å². The van der Waals surface area contributed by atoms with Gasteiger partial charge in [-0.2, -0.15) is 18.3 Å². The summed E-state index contributed by atoms with van der Waals surface area (Å²) in [5.74, 6) is -0.961. The predicted octanol–water partition coefficient (Wildman–Crippen LogP) is 4.37. The van der Waals surface area contributed by atoms with Crippen molar-refractivity contribution in [2.24, 2.45) is 0 Å². The Balaban J connectivity index is 2.21. The summed E-state index contributed by atoms with van der Waals surface area (Å²) < 4.78 is 52.6. The van der Waals surface area contributed by atoms with Crippen molar-refractivity contribution >= 4 is 11.4 Å². The Morgan fingerprint density at radius 3 is 2.45 bits per heavy atom. The summed E-state index contributed by atoms with van der Waals surface area (Å²) in [5, 5.41) is 6.75. The van der Waals surface area contributed by atoms with Crippen molar-refractivity contribution in [1.29, 1.82) is 0 Å². The summed E-state index contributed by atoms with van der Waals surface area (Å²) >= 11 is 0. The van der Waals surface area contributed by atoms with Crippen LogP contribution in [-0.4, -0.2) is 9.78 Å².